The number of aliphatic carboxylic acids is 1. The Morgan fingerprint density at radius 2 is 2.18 bits per heavy atom. The predicted octanol–water partition coefficient (Wildman–Crippen LogP) is 0.705. The van der Waals surface area contributed by atoms with Crippen LogP contribution < -0.4 is 5.32 Å². The van der Waals surface area contributed by atoms with Crippen LogP contribution in [0, 0.1) is 11.8 Å². The average Bonchev–Trinajstić information content (AvgIpc) is 1.94. The Bertz CT molecular complexity index is 158. The van der Waals surface area contributed by atoms with Crippen molar-refractivity contribution in [2.45, 2.75) is 26.3 Å². The first-order valence-corrected chi connectivity index (χ1v) is 4.09. The van der Waals surface area contributed by atoms with Crippen molar-refractivity contribution in [3.05, 3.63) is 0 Å². The lowest BCUT2D eigenvalue weighted by molar-refractivity contribution is -0.142. The van der Waals surface area contributed by atoms with E-state index in [-0.39, 0.29) is 12.0 Å². The fourth-order valence-electron chi connectivity index (χ4n) is 1.56. The summed E-state index contributed by atoms with van der Waals surface area (Å²) >= 11 is 0. The maximum atomic E-state index is 10.6. The topological polar surface area (TPSA) is 49.3 Å². The number of carbonyl (C=O) groups is 1. The van der Waals surface area contributed by atoms with Gasteiger partial charge in [0.1, 0.15) is 6.04 Å². The molecule has 0 aliphatic carbocycles. The van der Waals surface area contributed by atoms with E-state index in [2.05, 4.69) is 12.2 Å². The summed E-state index contributed by atoms with van der Waals surface area (Å²) in [6, 6.07) is -0.334. The first kappa shape index (κ1) is 8.53. The summed E-state index contributed by atoms with van der Waals surface area (Å²) in [6.07, 6.45) is 1.09. The average molecular weight is 157 g/mol. The second kappa shape index (κ2) is 3.22. The van der Waals surface area contributed by atoms with Crippen molar-refractivity contribution in [2.75, 3.05) is 6.54 Å². The zero-order chi connectivity index (χ0) is 8.43. The molecule has 0 aromatic heterocycles. The van der Waals surface area contributed by atoms with E-state index in [0.29, 0.717) is 5.92 Å². The summed E-state index contributed by atoms with van der Waals surface area (Å²) in [5.41, 5.74) is 0. The van der Waals surface area contributed by atoms with Crippen LogP contribution in [0.4, 0.5) is 0 Å². The molecule has 0 amide bonds. The maximum Gasteiger partial charge on any atom is 0.320 e. The van der Waals surface area contributed by atoms with Gasteiger partial charge in [-0.1, -0.05) is 13.8 Å². The van der Waals surface area contributed by atoms with Crippen LogP contribution in [0.2, 0.25) is 0 Å². The summed E-state index contributed by atoms with van der Waals surface area (Å²) in [5, 5.41) is 11.8. The molecule has 1 saturated heterocycles. The number of hydrogen-bond donors (Lipinski definition) is 2. The van der Waals surface area contributed by atoms with E-state index in [1.807, 2.05) is 6.92 Å². The fraction of sp³-hybridized carbons (Fsp3) is 0.875. The standard InChI is InChI=1S/C8H15NO2/c1-5-3-4-9-7(6(5)2)8(10)11/h5-7,9H,3-4H2,1-2H3,(H,10,11). The highest BCUT2D eigenvalue weighted by atomic mass is 16.4. The minimum atomic E-state index is -0.718. The lowest BCUT2D eigenvalue weighted by Gasteiger charge is -2.32. The number of rotatable bonds is 1. The van der Waals surface area contributed by atoms with Crippen molar-refractivity contribution >= 4 is 5.97 Å². The summed E-state index contributed by atoms with van der Waals surface area (Å²) < 4.78 is 0. The van der Waals surface area contributed by atoms with Gasteiger partial charge in [0.25, 0.3) is 0 Å². The molecule has 3 unspecified atom stereocenters. The van der Waals surface area contributed by atoms with Gasteiger partial charge >= 0.3 is 5.97 Å². The molecule has 1 rings (SSSR count). The Balaban J connectivity index is 2.58. The molecule has 3 heteroatoms. The van der Waals surface area contributed by atoms with E-state index in [9.17, 15) is 4.79 Å². The fourth-order valence-corrected chi connectivity index (χ4v) is 1.56. The van der Waals surface area contributed by atoms with Crippen molar-refractivity contribution in [3.8, 4) is 0 Å². The Kier molecular flexibility index (Phi) is 2.49. The molecule has 0 aromatic carbocycles. The molecule has 11 heavy (non-hydrogen) atoms. The summed E-state index contributed by atoms with van der Waals surface area (Å²) in [6.45, 7) is 4.94. The van der Waals surface area contributed by atoms with Gasteiger partial charge in [0.15, 0.2) is 0 Å². The Hall–Kier alpha value is -0.570. The van der Waals surface area contributed by atoms with Crippen molar-refractivity contribution in [2.24, 2.45) is 11.8 Å². The van der Waals surface area contributed by atoms with E-state index < -0.39 is 5.97 Å². The third-order valence-corrected chi connectivity index (χ3v) is 2.65. The van der Waals surface area contributed by atoms with Gasteiger partial charge in [0.05, 0.1) is 0 Å². The molecule has 3 nitrogen and oxygen atoms in total. The smallest absolute Gasteiger partial charge is 0.320 e. The molecular formula is C8H15NO2. The largest absolute Gasteiger partial charge is 0.480 e. The highest BCUT2D eigenvalue weighted by Crippen LogP contribution is 2.22. The number of hydrogen-bond acceptors (Lipinski definition) is 2. The van der Waals surface area contributed by atoms with E-state index in [1.165, 1.54) is 0 Å². The molecule has 0 saturated carbocycles. The summed E-state index contributed by atoms with van der Waals surface area (Å²) in [5.74, 6) is 0.0580. The van der Waals surface area contributed by atoms with Crippen molar-refractivity contribution in [1.29, 1.82) is 0 Å². The minimum absolute atomic E-state index is 0.251. The molecule has 3 atom stereocenters. The normalized spacial score (nSPS) is 38.5. The van der Waals surface area contributed by atoms with Crippen LogP contribution in [0.15, 0.2) is 0 Å². The van der Waals surface area contributed by atoms with Crippen LogP contribution in [0.5, 0.6) is 0 Å². The number of carboxylic acid groups (broad SMARTS) is 1. The molecule has 1 fully saturated rings. The summed E-state index contributed by atoms with van der Waals surface area (Å²) in [7, 11) is 0. The maximum absolute atomic E-state index is 10.6. The minimum Gasteiger partial charge on any atom is -0.480 e. The van der Waals surface area contributed by atoms with E-state index in [0.717, 1.165) is 13.0 Å². The van der Waals surface area contributed by atoms with Gasteiger partial charge in [-0.3, -0.25) is 4.79 Å². The monoisotopic (exact) mass is 157 g/mol. The molecule has 0 radical (unpaired) electrons. The first-order chi connectivity index (χ1) is 5.13. The van der Waals surface area contributed by atoms with E-state index in [1.54, 1.807) is 0 Å². The van der Waals surface area contributed by atoms with Crippen LogP contribution in [0.25, 0.3) is 0 Å². The van der Waals surface area contributed by atoms with Crippen LogP contribution in [0.3, 0.4) is 0 Å². The van der Waals surface area contributed by atoms with Gasteiger partial charge in [0, 0.05) is 0 Å². The van der Waals surface area contributed by atoms with Crippen LogP contribution >= 0.6 is 0 Å². The van der Waals surface area contributed by atoms with Gasteiger partial charge in [-0.2, -0.15) is 0 Å². The molecule has 0 aromatic rings. The van der Waals surface area contributed by atoms with Crippen molar-refractivity contribution < 1.29 is 9.90 Å². The Morgan fingerprint density at radius 3 is 2.64 bits per heavy atom. The van der Waals surface area contributed by atoms with Gasteiger partial charge in [-0.05, 0) is 24.8 Å². The molecule has 1 heterocycles. The Morgan fingerprint density at radius 1 is 1.55 bits per heavy atom. The number of piperidine rings is 1. The highest BCUT2D eigenvalue weighted by molar-refractivity contribution is 5.74. The second-order valence-corrected chi connectivity index (χ2v) is 3.40. The molecule has 1 aliphatic heterocycles. The number of carboxylic acids is 1. The zero-order valence-corrected chi connectivity index (χ0v) is 7.00. The van der Waals surface area contributed by atoms with Crippen LogP contribution in [0.1, 0.15) is 20.3 Å². The second-order valence-electron chi connectivity index (χ2n) is 3.40. The lowest BCUT2D eigenvalue weighted by atomic mass is 9.83. The van der Waals surface area contributed by atoms with Crippen LogP contribution in [-0.2, 0) is 4.79 Å². The van der Waals surface area contributed by atoms with Gasteiger partial charge in [0.2, 0.25) is 0 Å². The highest BCUT2D eigenvalue weighted by Gasteiger charge is 2.31. The first-order valence-electron chi connectivity index (χ1n) is 4.09. The quantitative estimate of drug-likeness (QED) is 0.589. The van der Waals surface area contributed by atoms with E-state index >= 15 is 0 Å². The van der Waals surface area contributed by atoms with Crippen molar-refractivity contribution in [1.82, 2.24) is 5.32 Å². The molecule has 2 N–H and O–H groups in total. The third-order valence-electron chi connectivity index (χ3n) is 2.65. The van der Waals surface area contributed by atoms with E-state index in [4.69, 9.17) is 5.11 Å². The van der Waals surface area contributed by atoms with Gasteiger partial charge in [-0.25, -0.2) is 0 Å². The molecule has 0 spiro atoms. The van der Waals surface area contributed by atoms with Crippen LogP contribution in [-0.4, -0.2) is 23.7 Å². The molecule has 1 aliphatic rings. The molecular weight excluding hydrogens is 142 g/mol. The van der Waals surface area contributed by atoms with Crippen molar-refractivity contribution in [3.63, 3.8) is 0 Å². The Labute approximate surface area is 66.8 Å². The van der Waals surface area contributed by atoms with Gasteiger partial charge in [-0.15, -0.1) is 0 Å². The predicted molar refractivity (Wildman–Crippen MR) is 42.4 cm³/mol. The van der Waals surface area contributed by atoms with Gasteiger partial charge < -0.3 is 10.4 Å². The third kappa shape index (κ3) is 1.71. The summed E-state index contributed by atoms with van der Waals surface area (Å²) in [4.78, 5) is 10.6. The lowest BCUT2D eigenvalue weighted by Crippen LogP contribution is -2.48. The molecule has 64 valence electrons. The number of nitrogens with one attached hydrogen (secondary N) is 1. The zero-order valence-electron chi connectivity index (χ0n) is 7.00. The SMILES string of the molecule is CC1CCNC(C(=O)O)C1C. The molecule has 0 bridgehead atoms.